The van der Waals surface area contributed by atoms with E-state index >= 15 is 0 Å². The van der Waals surface area contributed by atoms with Crippen LogP contribution >= 0.6 is 0 Å². The number of fused-ring (bicyclic) bond motifs is 1. The molecule has 6 nitrogen and oxygen atoms in total. The number of carbonyl (C=O) groups is 1. The monoisotopic (exact) mass is 368 g/mol. The van der Waals surface area contributed by atoms with Crippen molar-refractivity contribution in [2.45, 2.75) is 13.5 Å². The number of imidazole rings is 1. The van der Waals surface area contributed by atoms with Crippen LogP contribution in [0.25, 0.3) is 17.1 Å². The largest absolute Gasteiger partial charge is 0.503 e. The number of rotatable bonds is 3. The van der Waals surface area contributed by atoms with E-state index in [1.165, 1.54) is 11.0 Å². The number of phenols is 1. The van der Waals surface area contributed by atoms with Crippen LogP contribution in [0.3, 0.4) is 0 Å². The summed E-state index contributed by atoms with van der Waals surface area (Å²) in [5.74, 6) is -3.17. The minimum absolute atomic E-state index is 0.0613. The predicted molar refractivity (Wildman–Crippen MR) is 95.8 cm³/mol. The Bertz CT molecular complexity index is 1110. The molecule has 2 N–H and O–H groups in total. The number of nitrogens with zero attached hydrogens (tertiary/aromatic N) is 3. The summed E-state index contributed by atoms with van der Waals surface area (Å²) in [4.78, 5) is 25.7. The van der Waals surface area contributed by atoms with Crippen LogP contribution in [0.15, 0.2) is 47.3 Å². The standard InChI is InChI=1S/C19H14F2N4O2/c1-10-24-16(7-11-5-13(20)18(26)14(21)6-11)19(27)25(10)8-12-3-2-4-15-17(12)23-9-22-15/h2-7,9,26H,8H2,1H3,(H,22,23). The van der Waals surface area contributed by atoms with Crippen LogP contribution in [0.4, 0.5) is 8.78 Å². The molecule has 27 heavy (non-hydrogen) atoms. The molecule has 3 aromatic rings. The van der Waals surface area contributed by atoms with Gasteiger partial charge in [0, 0.05) is 0 Å². The Morgan fingerprint density at radius 2 is 2.00 bits per heavy atom. The van der Waals surface area contributed by atoms with Crippen LogP contribution in [-0.4, -0.2) is 31.7 Å². The molecule has 0 saturated carbocycles. The Labute approximate surface area is 152 Å². The molecule has 0 spiro atoms. The lowest BCUT2D eigenvalue weighted by Crippen LogP contribution is -2.29. The highest BCUT2D eigenvalue weighted by Gasteiger charge is 2.28. The molecule has 2 aromatic carbocycles. The fourth-order valence-corrected chi connectivity index (χ4v) is 3.00. The number of halogens is 2. The third-order valence-electron chi connectivity index (χ3n) is 4.34. The minimum atomic E-state index is -1.10. The fraction of sp³-hybridized carbons (Fsp3) is 0.105. The highest BCUT2D eigenvalue weighted by molar-refractivity contribution is 6.13. The Kier molecular flexibility index (Phi) is 3.95. The van der Waals surface area contributed by atoms with E-state index in [4.69, 9.17) is 0 Å². The first-order valence-corrected chi connectivity index (χ1v) is 8.12. The molecule has 1 amide bonds. The van der Waals surface area contributed by atoms with Gasteiger partial charge < -0.3 is 10.1 Å². The van der Waals surface area contributed by atoms with Crippen LogP contribution in [0, 0.1) is 11.6 Å². The van der Waals surface area contributed by atoms with Gasteiger partial charge >= 0.3 is 0 Å². The summed E-state index contributed by atoms with van der Waals surface area (Å²) in [5, 5.41) is 9.18. The molecule has 0 saturated heterocycles. The van der Waals surface area contributed by atoms with Gasteiger partial charge in [-0.05, 0) is 42.3 Å². The quantitative estimate of drug-likeness (QED) is 0.696. The first kappa shape index (κ1) is 16.9. The van der Waals surface area contributed by atoms with E-state index < -0.39 is 17.4 Å². The summed E-state index contributed by atoms with van der Waals surface area (Å²) in [7, 11) is 0. The second-order valence-electron chi connectivity index (χ2n) is 6.13. The Balaban J connectivity index is 1.64. The lowest BCUT2D eigenvalue weighted by Gasteiger charge is -2.16. The van der Waals surface area contributed by atoms with Crippen molar-refractivity contribution >= 4 is 28.9 Å². The minimum Gasteiger partial charge on any atom is -0.503 e. The van der Waals surface area contributed by atoms with Gasteiger partial charge in [0.05, 0.1) is 23.9 Å². The van der Waals surface area contributed by atoms with Crippen molar-refractivity contribution in [1.82, 2.24) is 14.9 Å². The molecule has 2 heterocycles. The number of aromatic hydroxyl groups is 1. The van der Waals surface area contributed by atoms with E-state index in [0.717, 1.165) is 28.7 Å². The van der Waals surface area contributed by atoms with Gasteiger partial charge in [-0.2, -0.15) is 0 Å². The number of hydrogen-bond acceptors (Lipinski definition) is 4. The van der Waals surface area contributed by atoms with Crippen molar-refractivity contribution in [2.75, 3.05) is 0 Å². The summed E-state index contributed by atoms with van der Waals surface area (Å²) in [6, 6.07) is 7.50. The molecule has 4 rings (SSSR count). The molecule has 1 aliphatic rings. The number of amidine groups is 1. The number of aromatic nitrogens is 2. The van der Waals surface area contributed by atoms with E-state index in [1.807, 2.05) is 18.2 Å². The van der Waals surface area contributed by atoms with Crippen molar-refractivity contribution in [2.24, 2.45) is 4.99 Å². The molecular weight excluding hydrogens is 354 g/mol. The lowest BCUT2D eigenvalue weighted by atomic mass is 10.1. The number of para-hydroxylation sites is 1. The van der Waals surface area contributed by atoms with Crippen LogP contribution in [0.5, 0.6) is 5.75 Å². The molecule has 0 fully saturated rings. The Morgan fingerprint density at radius 1 is 1.26 bits per heavy atom. The molecule has 1 aromatic heterocycles. The molecule has 0 bridgehead atoms. The smallest absolute Gasteiger partial charge is 0.278 e. The second-order valence-corrected chi connectivity index (χ2v) is 6.13. The van der Waals surface area contributed by atoms with Gasteiger partial charge in [0.2, 0.25) is 0 Å². The van der Waals surface area contributed by atoms with Gasteiger partial charge in [0.1, 0.15) is 11.5 Å². The summed E-state index contributed by atoms with van der Waals surface area (Å²) in [6.07, 6.45) is 2.87. The Morgan fingerprint density at radius 3 is 2.74 bits per heavy atom. The number of carbonyl (C=O) groups excluding carboxylic acids is 1. The van der Waals surface area contributed by atoms with Gasteiger partial charge in [0.25, 0.3) is 5.91 Å². The van der Waals surface area contributed by atoms with Crippen LogP contribution < -0.4 is 0 Å². The van der Waals surface area contributed by atoms with Gasteiger partial charge in [-0.1, -0.05) is 12.1 Å². The average Bonchev–Trinajstić information content (AvgIpc) is 3.21. The number of H-pyrrole nitrogens is 1. The first-order chi connectivity index (χ1) is 12.9. The normalized spacial score (nSPS) is 15.8. The van der Waals surface area contributed by atoms with Crippen LogP contribution in [0.1, 0.15) is 18.1 Å². The Hall–Kier alpha value is -3.55. The fourth-order valence-electron chi connectivity index (χ4n) is 3.00. The number of amides is 1. The van der Waals surface area contributed by atoms with E-state index in [-0.39, 0.29) is 23.7 Å². The summed E-state index contributed by atoms with van der Waals surface area (Å²) in [5.41, 5.74) is 2.63. The maximum absolute atomic E-state index is 13.5. The molecule has 8 heteroatoms. The summed E-state index contributed by atoms with van der Waals surface area (Å²) >= 11 is 0. The van der Waals surface area contributed by atoms with E-state index in [9.17, 15) is 18.7 Å². The number of aromatic amines is 1. The third kappa shape index (κ3) is 2.95. The highest BCUT2D eigenvalue weighted by Crippen LogP contribution is 2.26. The number of aliphatic imine (C=N–C) groups is 1. The predicted octanol–water partition coefficient (Wildman–Crippen LogP) is 3.35. The first-order valence-electron chi connectivity index (χ1n) is 8.12. The molecule has 136 valence electrons. The zero-order valence-electron chi connectivity index (χ0n) is 14.2. The lowest BCUT2D eigenvalue weighted by molar-refractivity contribution is -0.123. The number of phenolic OH excluding ortho intramolecular Hbond substituents is 1. The van der Waals surface area contributed by atoms with E-state index in [0.29, 0.717) is 5.84 Å². The van der Waals surface area contributed by atoms with Gasteiger partial charge in [0.15, 0.2) is 17.4 Å². The molecule has 1 aliphatic heterocycles. The van der Waals surface area contributed by atoms with Crippen molar-refractivity contribution in [3.8, 4) is 5.75 Å². The van der Waals surface area contributed by atoms with Gasteiger partial charge in [-0.15, -0.1) is 0 Å². The maximum Gasteiger partial charge on any atom is 0.278 e. The SMILES string of the molecule is CC1=NC(=Cc2cc(F)c(O)c(F)c2)C(=O)N1Cc1cccc2[nH]cnc12. The molecule has 0 unspecified atom stereocenters. The maximum atomic E-state index is 13.5. The van der Waals surface area contributed by atoms with Crippen molar-refractivity contribution in [3.05, 3.63) is 65.1 Å². The van der Waals surface area contributed by atoms with Crippen molar-refractivity contribution in [3.63, 3.8) is 0 Å². The van der Waals surface area contributed by atoms with Gasteiger partial charge in [-0.25, -0.2) is 18.8 Å². The molecule has 0 atom stereocenters. The molecule has 0 radical (unpaired) electrons. The van der Waals surface area contributed by atoms with E-state index in [1.54, 1.807) is 13.3 Å². The summed E-state index contributed by atoms with van der Waals surface area (Å²) in [6.45, 7) is 1.95. The van der Waals surface area contributed by atoms with Crippen molar-refractivity contribution in [1.29, 1.82) is 0 Å². The number of hydrogen-bond donors (Lipinski definition) is 2. The van der Waals surface area contributed by atoms with Crippen LogP contribution in [0.2, 0.25) is 0 Å². The highest BCUT2D eigenvalue weighted by atomic mass is 19.1. The number of nitrogens with one attached hydrogen (secondary N) is 1. The zero-order valence-corrected chi connectivity index (χ0v) is 14.2. The topological polar surface area (TPSA) is 81.6 Å². The van der Waals surface area contributed by atoms with Crippen LogP contribution in [-0.2, 0) is 11.3 Å². The summed E-state index contributed by atoms with van der Waals surface area (Å²) < 4.78 is 27.0. The zero-order chi connectivity index (χ0) is 19.1. The average molecular weight is 368 g/mol. The van der Waals surface area contributed by atoms with Gasteiger partial charge in [-0.3, -0.25) is 9.69 Å². The van der Waals surface area contributed by atoms with Crippen molar-refractivity contribution < 1.29 is 18.7 Å². The molecule has 0 aliphatic carbocycles. The second kappa shape index (κ2) is 6.31. The number of benzene rings is 2. The van der Waals surface area contributed by atoms with E-state index in [2.05, 4.69) is 15.0 Å². The molecular formula is C19H14F2N4O2. The third-order valence-corrected chi connectivity index (χ3v) is 4.34.